The van der Waals surface area contributed by atoms with Crippen LogP contribution in [-0.2, 0) is 14.3 Å². The maximum absolute atomic E-state index is 12.3. The molecule has 1 saturated heterocycles. The molecule has 23 heavy (non-hydrogen) atoms. The molecule has 0 bridgehead atoms. The van der Waals surface area contributed by atoms with Crippen molar-refractivity contribution in [2.24, 2.45) is 0 Å². The Balaban J connectivity index is 1.85. The van der Waals surface area contributed by atoms with Crippen molar-refractivity contribution >= 4 is 11.6 Å². The molecule has 1 aromatic carbocycles. The first kappa shape index (κ1) is 17.8. The van der Waals surface area contributed by atoms with Gasteiger partial charge >= 0.3 is 0 Å². The van der Waals surface area contributed by atoms with E-state index in [1.54, 1.807) is 6.92 Å². The van der Waals surface area contributed by atoms with Gasteiger partial charge in [-0.15, -0.1) is 0 Å². The van der Waals surface area contributed by atoms with Gasteiger partial charge in [0.2, 0.25) is 0 Å². The van der Waals surface area contributed by atoms with Crippen molar-refractivity contribution in [1.29, 1.82) is 0 Å². The fraction of sp³-hybridized carbons (Fsp3) is 0.611. The molecule has 1 aromatic rings. The lowest BCUT2D eigenvalue weighted by molar-refractivity contribution is -0.130. The van der Waals surface area contributed by atoms with Crippen LogP contribution in [0.1, 0.15) is 40.0 Å². The summed E-state index contributed by atoms with van der Waals surface area (Å²) in [5.41, 5.74) is 0.663. The van der Waals surface area contributed by atoms with Crippen LogP contribution in [0.25, 0.3) is 0 Å². The lowest BCUT2D eigenvalue weighted by atomic mass is 10.1. The van der Waals surface area contributed by atoms with Crippen LogP contribution in [0.5, 0.6) is 5.75 Å². The van der Waals surface area contributed by atoms with Gasteiger partial charge in [0.25, 0.3) is 5.91 Å². The molecule has 0 saturated carbocycles. The number of hydrogen-bond acceptors (Lipinski definition) is 4. The zero-order valence-electron chi connectivity index (χ0n) is 14.2. The van der Waals surface area contributed by atoms with E-state index in [1.807, 2.05) is 38.1 Å². The summed E-state index contributed by atoms with van der Waals surface area (Å²) in [7, 11) is 0. The van der Waals surface area contributed by atoms with Gasteiger partial charge in [-0.2, -0.15) is 0 Å². The SMILES string of the molecule is CC(C)Oc1ccccc1NC(=O)C(C)OCC1CCCCO1. The molecule has 0 radical (unpaired) electrons. The zero-order chi connectivity index (χ0) is 16.7. The number of hydrogen-bond donors (Lipinski definition) is 1. The second-order valence-electron chi connectivity index (χ2n) is 6.12. The molecule has 5 nitrogen and oxygen atoms in total. The highest BCUT2D eigenvalue weighted by atomic mass is 16.5. The highest BCUT2D eigenvalue weighted by molar-refractivity contribution is 5.95. The second-order valence-corrected chi connectivity index (χ2v) is 6.12. The molecule has 0 aromatic heterocycles. The lowest BCUT2D eigenvalue weighted by Gasteiger charge is -2.24. The number of anilines is 1. The lowest BCUT2D eigenvalue weighted by Crippen LogP contribution is -2.32. The van der Waals surface area contributed by atoms with Crippen LogP contribution in [0.15, 0.2) is 24.3 Å². The normalized spacial score (nSPS) is 19.4. The number of ether oxygens (including phenoxy) is 3. The highest BCUT2D eigenvalue weighted by Crippen LogP contribution is 2.25. The van der Waals surface area contributed by atoms with Gasteiger partial charge in [-0.3, -0.25) is 4.79 Å². The van der Waals surface area contributed by atoms with Crippen molar-refractivity contribution in [2.45, 2.75) is 58.3 Å². The number of carbonyl (C=O) groups is 1. The first-order valence-electron chi connectivity index (χ1n) is 8.36. The van der Waals surface area contributed by atoms with E-state index < -0.39 is 6.10 Å². The molecule has 1 heterocycles. The van der Waals surface area contributed by atoms with Gasteiger partial charge in [0.1, 0.15) is 11.9 Å². The Morgan fingerprint density at radius 1 is 1.30 bits per heavy atom. The fourth-order valence-electron chi connectivity index (χ4n) is 2.43. The quantitative estimate of drug-likeness (QED) is 0.836. The number of benzene rings is 1. The van der Waals surface area contributed by atoms with Crippen molar-refractivity contribution in [2.75, 3.05) is 18.5 Å². The summed E-state index contributed by atoms with van der Waals surface area (Å²) in [6.07, 6.45) is 2.89. The Morgan fingerprint density at radius 2 is 2.09 bits per heavy atom. The van der Waals surface area contributed by atoms with Gasteiger partial charge in [-0.05, 0) is 52.2 Å². The van der Waals surface area contributed by atoms with Gasteiger partial charge in [0.15, 0.2) is 0 Å². The zero-order valence-corrected chi connectivity index (χ0v) is 14.2. The summed E-state index contributed by atoms with van der Waals surface area (Å²) >= 11 is 0. The van der Waals surface area contributed by atoms with Crippen LogP contribution in [-0.4, -0.2) is 37.4 Å². The fourth-order valence-corrected chi connectivity index (χ4v) is 2.43. The van der Waals surface area contributed by atoms with Crippen molar-refractivity contribution in [3.8, 4) is 5.75 Å². The highest BCUT2D eigenvalue weighted by Gasteiger charge is 2.19. The monoisotopic (exact) mass is 321 g/mol. The molecule has 1 aliphatic rings. The largest absolute Gasteiger partial charge is 0.489 e. The van der Waals surface area contributed by atoms with Gasteiger partial charge < -0.3 is 19.5 Å². The van der Waals surface area contributed by atoms with Crippen LogP contribution in [0.2, 0.25) is 0 Å². The molecular formula is C18H27NO4. The summed E-state index contributed by atoms with van der Waals surface area (Å²) in [5.74, 6) is 0.485. The summed E-state index contributed by atoms with van der Waals surface area (Å²) in [6, 6.07) is 7.42. The Bertz CT molecular complexity index is 498. The Kier molecular flexibility index (Phi) is 6.86. The van der Waals surface area contributed by atoms with E-state index >= 15 is 0 Å². The minimum atomic E-state index is -0.535. The van der Waals surface area contributed by atoms with Gasteiger partial charge in [0.05, 0.1) is 24.5 Å². The van der Waals surface area contributed by atoms with E-state index in [9.17, 15) is 4.79 Å². The van der Waals surface area contributed by atoms with Crippen LogP contribution in [0.3, 0.4) is 0 Å². The van der Waals surface area contributed by atoms with Crippen molar-refractivity contribution in [1.82, 2.24) is 0 Å². The topological polar surface area (TPSA) is 56.8 Å². The number of nitrogens with one attached hydrogen (secondary N) is 1. The minimum absolute atomic E-state index is 0.0465. The van der Waals surface area contributed by atoms with Crippen molar-refractivity contribution < 1.29 is 19.0 Å². The standard InChI is InChI=1S/C18H27NO4/c1-13(2)23-17-10-5-4-9-16(17)19-18(20)14(3)22-12-15-8-6-7-11-21-15/h4-5,9-10,13-15H,6-8,11-12H2,1-3H3,(H,19,20). The van der Waals surface area contributed by atoms with E-state index in [2.05, 4.69) is 5.32 Å². The molecule has 5 heteroatoms. The predicted molar refractivity (Wildman–Crippen MR) is 89.8 cm³/mol. The molecule has 1 fully saturated rings. The van der Waals surface area contributed by atoms with Gasteiger partial charge in [-0.1, -0.05) is 12.1 Å². The molecule has 2 atom stereocenters. The van der Waals surface area contributed by atoms with Crippen molar-refractivity contribution in [3.05, 3.63) is 24.3 Å². The van der Waals surface area contributed by atoms with E-state index in [-0.39, 0.29) is 18.1 Å². The van der Waals surface area contributed by atoms with E-state index in [1.165, 1.54) is 0 Å². The van der Waals surface area contributed by atoms with Crippen molar-refractivity contribution in [3.63, 3.8) is 0 Å². The van der Waals surface area contributed by atoms with Crippen LogP contribution < -0.4 is 10.1 Å². The van der Waals surface area contributed by atoms with Gasteiger partial charge in [-0.25, -0.2) is 0 Å². The number of carbonyl (C=O) groups excluding carboxylic acids is 1. The Labute approximate surface area is 138 Å². The summed E-state index contributed by atoms with van der Waals surface area (Å²) in [5, 5.41) is 2.87. The molecule has 0 spiro atoms. The number of para-hydroxylation sites is 2. The average molecular weight is 321 g/mol. The molecule has 2 unspecified atom stereocenters. The Morgan fingerprint density at radius 3 is 2.78 bits per heavy atom. The first-order valence-corrected chi connectivity index (χ1v) is 8.36. The smallest absolute Gasteiger partial charge is 0.253 e. The van der Waals surface area contributed by atoms with Crippen LogP contribution >= 0.6 is 0 Å². The maximum Gasteiger partial charge on any atom is 0.253 e. The summed E-state index contributed by atoms with van der Waals surface area (Å²) in [4.78, 5) is 12.3. The third-order valence-corrected chi connectivity index (χ3v) is 3.68. The van der Waals surface area contributed by atoms with Crippen LogP contribution in [0.4, 0.5) is 5.69 Å². The van der Waals surface area contributed by atoms with E-state index in [0.717, 1.165) is 25.9 Å². The first-order chi connectivity index (χ1) is 11.1. The van der Waals surface area contributed by atoms with Gasteiger partial charge in [0, 0.05) is 6.61 Å². The van der Waals surface area contributed by atoms with E-state index in [4.69, 9.17) is 14.2 Å². The molecule has 1 aliphatic heterocycles. The second kappa shape index (κ2) is 8.89. The molecule has 1 amide bonds. The average Bonchev–Trinajstić information content (AvgIpc) is 2.55. The van der Waals surface area contributed by atoms with E-state index in [0.29, 0.717) is 18.0 Å². The minimum Gasteiger partial charge on any atom is -0.489 e. The molecule has 1 N–H and O–H groups in total. The number of amides is 1. The molecular weight excluding hydrogens is 294 g/mol. The summed E-state index contributed by atoms with van der Waals surface area (Å²) in [6.45, 7) is 6.90. The molecule has 2 rings (SSSR count). The number of rotatable bonds is 7. The Hall–Kier alpha value is -1.59. The maximum atomic E-state index is 12.3. The summed E-state index contributed by atoms with van der Waals surface area (Å²) < 4.78 is 17.0. The molecule has 0 aliphatic carbocycles. The third-order valence-electron chi connectivity index (χ3n) is 3.68. The predicted octanol–water partition coefficient (Wildman–Crippen LogP) is 3.39. The molecule has 128 valence electrons. The van der Waals surface area contributed by atoms with Crippen LogP contribution in [0, 0.1) is 0 Å². The third kappa shape index (κ3) is 5.84.